The summed E-state index contributed by atoms with van der Waals surface area (Å²) in [5.74, 6) is -0.620. The van der Waals surface area contributed by atoms with Gasteiger partial charge in [0, 0.05) is 17.5 Å². The summed E-state index contributed by atoms with van der Waals surface area (Å²) in [5.41, 5.74) is 0.823. The molecular weight excluding hydrogens is 388 g/mol. The molecule has 1 aromatic heterocycles. The van der Waals surface area contributed by atoms with E-state index in [2.05, 4.69) is 27.6 Å². The van der Waals surface area contributed by atoms with E-state index in [0.717, 1.165) is 30.3 Å². The van der Waals surface area contributed by atoms with Gasteiger partial charge in [-0.25, -0.2) is 0 Å². The number of aromatic nitrogens is 2. The molecule has 1 heterocycles. The zero-order valence-corrected chi connectivity index (χ0v) is 15.7. The Morgan fingerprint density at radius 1 is 1.15 bits per heavy atom. The lowest BCUT2D eigenvalue weighted by atomic mass is 10.1. The smallest absolute Gasteiger partial charge is 0.283 e. The number of nitrogens with one attached hydrogen (secondary N) is 1. The molecule has 0 fully saturated rings. The Hall–Kier alpha value is -2.84. The molecule has 0 aliphatic carbocycles. The van der Waals surface area contributed by atoms with Crippen LogP contribution in [0, 0.1) is 10.1 Å². The Morgan fingerprint density at radius 3 is 2.67 bits per heavy atom. The van der Waals surface area contributed by atoms with Gasteiger partial charge in [-0.15, -0.1) is 10.2 Å². The number of rotatable bonds is 7. The third-order valence-corrected chi connectivity index (χ3v) is 4.92. The summed E-state index contributed by atoms with van der Waals surface area (Å²) in [6.07, 6.45) is 2.58. The maximum atomic E-state index is 12.3. The van der Waals surface area contributed by atoms with E-state index >= 15 is 0 Å². The van der Waals surface area contributed by atoms with Crippen molar-refractivity contribution in [1.82, 2.24) is 10.2 Å². The average molecular weight is 403 g/mol. The summed E-state index contributed by atoms with van der Waals surface area (Å²) in [6, 6.07) is 14.0. The highest BCUT2D eigenvalue weighted by Crippen LogP contribution is 2.25. The highest BCUT2D eigenvalue weighted by atomic mass is 35.5. The van der Waals surface area contributed by atoms with E-state index in [9.17, 15) is 14.9 Å². The Kier molecular flexibility index (Phi) is 6.10. The zero-order chi connectivity index (χ0) is 19.2. The summed E-state index contributed by atoms with van der Waals surface area (Å²) >= 11 is 7.02. The van der Waals surface area contributed by atoms with E-state index in [1.54, 1.807) is 0 Å². The number of hydrogen-bond acceptors (Lipinski definition) is 6. The van der Waals surface area contributed by atoms with E-state index < -0.39 is 10.8 Å². The van der Waals surface area contributed by atoms with Crippen LogP contribution in [0.4, 0.5) is 10.8 Å². The van der Waals surface area contributed by atoms with Gasteiger partial charge in [0.2, 0.25) is 5.13 Å². The number of carbonyl (C=O) groups excluding carboxylic acids is 1. The first-order valence-electron chi connectivity index (χ1n) is 8.14. The Labute approximate surface area is 164 Å². The molecule has 0 saturated heterocycles. The minimum absolute atomic E-state index is 0.0785. The van der Waals surface area contributed by atoms with E-state index in [-0.39, 0.29) is 16.3 Å². The van der Waals surface area contributed by atoms with Crippen LogP contribution >= 0.6 is 22.9 Å². The second kappa shape index (κ2) is 8.70. The molecule has 2 aromatic carbocycles. The third-order valence-electron chi connectivity index (χ3n) is 3.79. The van der Waals surface area contributed by atoms with Crippen molar-refractivity contribution < 1.29 is 9.72 Å². The van der Waals surface area contributed by atoms with Crippen molar-refractivity contribution in [1.29, 1.82) is 0 Å². The quantitative estimate of drug-likeness (QED) is 0.462. The molecule has 1 amide bonds. The second-order valence-electron chi connectivity index (χ2n) is 5.71. The lowest BCUT2D eigenvalue weighted by Crippen LogP contribution is -2.13. The number of carbonyl (C=O) groups is 1. The number of halogens is 1. The molecule has 7 nitrogen and oxygen atoms in total. The Balaban J connectivity index is 1.60. The summed E-state index contributed by atoms with van der Waals surface area (Å²) < 4.78 is 0. The molecule has 0 atom stereocenters. The van der Waals surface area contributed by atoms with Crippen LogP contribution in [-0.2, 0) is 12.8 Å². The summed E-state index contributed by atoms with van der Waals surface area (Å²) in [7, 11) is 0. The standard InChI is InChI=1S/C18H15ClN4O3S/c19-13-9-10-14(15(11-13)23(25)26)17(24)20-18-22-21-16(27-18)8-4-7-12-5-2-1-3-6-12/h1-3,5-6,9-11H,4,7-8H2,(H,20,22,24). The van der Waals surface area contributed by atoms with Crippen LogP contribution in [0.15, 0.2) is 48.5 Å². The van der Waals surface area contributed by atoms with Crippen molar-refractivity contribution >= 4 is 39.7 Å². The molecule has 0 radical (unpaired) electrons. The van der Waals surface area contributed by atoms with Gasteiger partial charge >= 0.3 is 0 Å². The Bertz CT molecular complexity index is 962. The van der Waals surface area contributed by atoms with Crippen molar-refractivity contribution in [2.45, 2.75) is 19.3 Å². The molecular formula is C18H15ClN4O3S. The molecule has 0 spiro atoms. The number of nitro groups is 1. The topological polar surface area (TPSA) is 98.0 Å². The second-order valence-corrected chi connectivity index (χ2v) is 7.21. The molecule has 3 rings (SSSR count). The molecule has 0 saturated carbocycles. The minimum Gasteiger partial charge on any atom is -0.296 e. The van der Waals surface area contributed by atoms with E-state index in [4.69, 9.17) is 11.6 Å². The molecule has 0 aliphatic heterocycles. The van der Waals surface area contributed by atoms with Gasteiger partial charge in [0.25, 0.3) is 11.6 Å². The van der Waals surface area contributed by atoms with Gasteiger partial charge in [0.05, 0.1) is 4.92 Å². The Morgan fingerprint density at radius 2 is 1.93 bits per heavy atom. The maximum Gasteiger partial charge on any atom is 0.283 e. The fourth-order valence-electron chi connectivity index (χ4n) is 2.51. The average Bonchev–Trinajstić information content (AvgIpc) is 3.09. The van der Waals surface area contributed by atoms with Gasteiger partial charge in [-0.05, 0) is 30.5 Å². The van der Waals surface area contributed by atoms with Gasteiger partial charge in [0.1, 0.15) is 10.6 Å². The minimum atomic E-state index is -0.643. The van der Waals surface area contributed by atoms with Gasteiger partial charge in [-0.3, -0.25) is 20.2 Å². The molecule has 0 unspecified atom stereocenters. The lowest BCUT2D eigenvalue weighted by Gasteiger charge is -2.03. The van der Waals surface area contributed by atoms with E-state index in [1.807, 2.05) is 18.2 Å². The predicted molar refractivity (Wildman–Crippen MR) is 104 cm³/mol. The van der Waals surface area contributed by atoms with E-state index in [0.29, 0.717) is 5.13 Å². The van der Waals surface area contributed by atoms with Gasteiger partial charge in [-0.2, -0.15) is 0 Å². The van der Waals surface area contributed by atoms with Crippen LogP contribution in [0.25, 0.3) is 0 Å². The maximum absolute atomic E-state index is 12.3. The largest absolute Gasteiger partial charge is 0.296 e. The van der Waals surface area contributed by atoms with Crippen molar-refractivity contribution in [3.63, 3.8) is 0 Å². The molecule has 1 N–H and O–H groups in total. The van der Waals surface area contributed by atoms with Crippen molar-refractivity contribution in [2.24, 2.45) is 0 Å². The van der Waals surface area contributed by atoms with E-state index in [1.165, 1.54) is 29.0 Å². The first-order valence-corrected chi connectivity index (χ1v) is 9.34. The molecule has 0 aliphatic rings. The van der Waals surface area contributed by atoms with Crippen LogP contribution in [0.2, 0.25) is 5.02 Å². The predicted octanol–water partition coefficient (Wildman–Crippen LogP) is 4.53. The SMILES string of the molecule is O=C(Nc1nnc(CCCc2ccccc2)s1)c1ccc(Cl)cc1[N+](=O)[O-]. The molecule has 0 bridgehead atoms. The fraction of sp³-hybridized carbons (Fsp3) is 0.167. The molecule has 3 aromatic rings. The van der Waals surface area contributed by atoms with Gasteiger partial charge < -0.3 is 0 Å². The monoisotopic (exact) mass is 402 g/mol. The van der Waals surface area contributed by atoms with Crippen molar-refractivity contribution in [2.75, 3.05) is 5.32 Å². The zero-order valence-electron chi connectivity index (χ0n) is 14.1. The van der Waals surface area contributed by atoms with Crippen LogP contribution in [0.3, 0.4) is 0 Å². The molecule has 27 heavy (non-hydrogen) atoms. The summed E-state index contributed by atoms with van der Waals surface area (Å²) in [6.45, 7) is 0. The van der Waals surface area contributed by atoms with Crippen LogP contribution in [-0.4, -0.2) is 21.0 Å². The van der Waals surface area contributed by atoms with Crippen molar-refractivity contribution in [3.05, 3.63) is 79.8 Å². The number of amides is 1. The number of nitrogens with zero attached hydrogens (tertiary/aromatic N) is 3. The highest BCUT2D eigenvalue weighted by Gasteiger charge is 2.21. The highest BCUT2D eigenvalue weighted by molar-refractivity contribution is 7.15. The summed E-state index contributed by atoms with van der Waals surface area (Å²) in [5, 5.41) is 23.0. The van der Waals surface area contributed by atoms with Crippen LogP contribution in [0.1, 0.15) is 27.3 Å². The van der Waals surface area contributed by atoms with Crippen molar-refractivity contribution in [3.8, 4) is 0 Å². The number of anilines is 1. The number of hydrogen-bond donors (Lipinski definition) is 1. The molecule has 138 valence electrons. The summed E-state index contributed by atoms with van der Waals surface area (Å²) in [4.78, 5) is 22.8. The first-order chi connectivity index (χ1) is 13.0. The van der Waals surface area contributed by atoms with Crippen LogP contribution in [0.5, 0.6) is 0 Å². The van der Waals surface area contributed by atoms with Gasteiger partial charge in [-0.1, -0.05) is 53.3 Å². The number of benzene rings is 2. The number of nitro benzene ring substituents is 1. The van der Waals surface area contributed by atoms with Crippen LogP contribution < -0.4 is 5.32 Å². The third kappa shape index (κ3) is 5.08. The lowest BCUT2D eigenvalue weighted by molar-refractivity contribution is -0.385. The number of aryl methyl sites for hydroxylation is 2. The molecule has 9 heteroatoms. The van der Waals surface area contributed by atoms with Gasteiger partial charge in [0.15, 0.2) is 0 Å². The fourth-order valence-corrected chi connectivity index (χ4v) is 3.45. The first kappa shape index (κ1) is 18.9. The normalized spacial score (nSPS) is 10.6.